The SMILES string of the molecule is CCCN(P)CCC.Cl. The fraction of sp³-hybridized carbons (Fsp3) is 1.00. The van der Waals surface area contributed by atoms with E-state index in [1.807, 2.05) is 0 Å². The summed E-state index contributed by atoms with van der Waals surface area (Å²) in [4.78, 5) is 0. The van der Waals surface area contributed by atoms with Gasteiger partial charge in [0.05, 0.1) is 0 Å². The van der Waals surface area contributed by atoms with E-state index in [2.05, 4.69) is 27.9 Å². The van der Waals surface area contributed by atoms with Crippen molar-refractivity contribution < 1.29 is 0 Å². The predicted octanol–water partition coefficient (Wildman–Crippen LogP) is 2.32. The summed E-state index contributed by atoms with van der Waals surface area (Å²) in [6.07, 6.45) is 2.51. The first kappa shape index (κ1) is 12.4. The molecule has 0 aliphatic heterocycles. The molecule has 58 valence electrons. The van der Waals surface area contributed by atoms with Gasteiger partial charge in [-0.25, -0.2) is 0 Å². The second-order valence-corrected chi connectivity index (χ2v) is 2.77. The first-order valence-corrected chi connectivity index (χ1v) is 3.82. The Hall–Kier alpha value is 0.680. The Balaban J connectivity index is 0. The minimum absolute atomic E-state index is 0. The summed E-state index contributed by atoms with van der Waals surface area (Å²) in [6, 6.07) is 0. The Bertz CT molecular complexity index is 46.3. The first-order chi connectivity index (χ1) is 3.81. The van der Waals surface area contributed by atoms with Crippen LogP contribution in [0.1, 0.15) is 26.7 Å². The third kappa shape index (κ3) is 8.68. The fourth-order valence-corrected chi connectivity index (χ4v) is 1.20. The molecule has 3 heteroatoms. The van der Waals surface area contributed by atoms with Crippen LogP contribution in [0.3, 0.4) is 0 Å². The first-order valence-electron chi connectivity index (χ1n) is 3.30. The van der Waals surface area contributed by atoms with Crippen molar-refractivity contribution in [3.63, 3.8) is 0 Å². The lowest BCUT2D eigenvalue weighted by molar-refractivity contribution is 0.466. The van der Waals surface area contributed by atoms with Crippen molar-refractivity contribution in [1.29, 1.82) is 0 Å². The van der Waals surface area contributed by atoms with E-state index in [0.717, 1.165) is 0 Å². The van der Waals surface area contributed by atoms with Gasteiger partial charge in [0.25, 0.3) is 0 Å². The lowest BCUT2D eigenvalue weighted by Crippen LogP contribution is -2.12. The summed E-state index contributed by atoms with van der Waals surface area (Å²) in [5, 5.41) is 0. The Morgan fingerprint density at radius 2 is 1.44 bits per heavy atom. The van der Waals surface area contributed by atoms with Gasteiger partial charge in [0.1, 0.15) is 0 Å². The molecule has 0 aromatic carbocycles. The zero-order valence-electron chi connectivity index (χ0n) is 6.26. The molecular formula is C6H17ClNP. The molecule has 0 bridgehead atoms. The molecule has 1 unspecified atom stereocenters. The van der Waals surface area contributed by atoms with Gasteiger partial charge in [-0.05, 0) is 12.8 Å². The highest BCUT2D eigenvalue weighted by atomic mass is 35.5. The molecule has 0 aliphatic rings. The van der Waals surface area contributed by atoms with Gasteiger partial charge in [0.2, 0.25) is 0 Å². The Labute approximate surface area is 66.9 Å². The second kappa shape index (κ2) is 8.68. The molecule has 0 heterocycles. The third-order valence-electron chi connectivity index (χ3n) is 1.02. The fourth-order valence-electron chi connectivity index (χ4n) is 0.686. The number of hydrogen-bond donors (Lipinski definition) is 0. The van der Waals surface area contributed by atoms with Crippen molar-refractivity contribution in [2.45, 2.75) is 26.7 Å². The molecule has 0 rings (SSSR count). The van der Waals surface area contributed by atoms with E-state index in [1.54, 1.807) is 0 Å². The average molecular weight is 170 g/mol. The molecule has 0 saturated heterocycles. The minimum atomic E-state index is 0. The van der Waals surface area contributed by atoms with Crippen molar-refractivity contribution in [3.8, 4) is 0 Å². The molecule has 0 fully saturated rings. The van der Waals surface area contributed by atoms with E-state index in [4.69, 9.17) is 0 Å². The predicted molar refractivity (Wildman–Crippen MR) is 49.1 cm³/mol. The van der Waals surface area contributed by atoms with E-state index in [1.165, 1.54) is 25.9 Å². The van der Waals surface area contributed by atoms with Crippen LogP contribution in [0.15, 0.2) is 0 Å². The molecule has 0 aliphatic carbocycles. The van der Waals surface area contributed by atoms with Crippen molar-refractivity contribution in [2.75, 3.05) is 13.1 Å². The number of nitrogens with zero attached hydrogens (tertiary/aromatic N) is 1. The molecule has 0 aromatic rings. The van der Waals surface area contributed by atoms with Crippen LogP contribution < -0.4 is 0 Å². The van der Waals surface area contributed by atoms with Crippen LogP contribution in [0, 0.1) is 0 Å². The quantitative estimate of drug-likeness (QED) is 0.584. The van der Waals surface area contributed by atoms with Crippen LogP contribution in [-0.4, -0.2) is 17.8 Å². The monoisotopic (exact) mass is 169 g/mol. The number of rotatable bonds is 4. The molecule has 0 N–H and O–H groups in total. The second-order valence-electron chi connectivity index (χ2n) is 2.04. The molecule has 0 saturated carbocycles. The maximum Gasteiger partial charge on any atom is 0.00135 e. The molecule has 9 heavy (non-hydrogen) atoms. The van der Waals surface area contributed by atoms with Crippen LogP contribution in [0.5, 0.6) is 0 Å². The van der Waals surface area contributed by atoms with Crippen LogP contribution in [-0.2, 0) is 0 Å². The standard InChI is InChI=1S/C6H16NP.ClH/c1-3-5-7(8)6-4-2;/h3-6,8H2,1-2H3;1H. The van der Waals surface area contributed by atoms with E-state index < -0.39 is 0 Å². The van der Waals surface area contributed by atoms with E-state index in [0.29, 0.717) is 0 Å². The van der Waals surface area contributed by atoms with Gasteiger partial charge in [-0.2, -0.15) is 0 Å². The Kier molecular flexibility index (Phi) is 11.9. The van der Waals surface area contributed by atoms with Crippen LogP contribution in [0.4, 0.5) is 0 Å². The lowest BCUT2D eigenvalue weighted by atomic mass is 10.4. The summed E-state index contributed by atoms with van der Waals surface area (Å²) in [5.41, 5.74) is 0. The lowest BCUT2D eigenvalue weighted by Gasteiger charge is -2.12. The van der Waals surface area contributed by atoms with E-state index in [-0.39, 0.29) is 12.4 Å². The van der Waals surface area contributed by atoms with Gasteiger partial charge in [-0.1, -0.05) is 23.2 Å². The van der Waals surface area contributed by atoms with Crippen LogP contribution >= 0.6 is 21.8 Å². The zero-order valence-corrected chi connectivity index (χ0v) is 8.23. The normalized spacial score (nSPS) is 9.33. The zero-order chi connectivity index (χ0) is 6.41. The maximum absolute atomic E-state index is 2.73. The Morgan fingerprint density at radius 1 is 1.11 bits per heavy atom. The summed E-state index contributed by atoms with van der Waals surface area (Å²) >= 11 is 0. The van der Waals surface area contributed by atoms with Crippen LogP contribution in [0.2, 0.25) is 0 Å². The van der Waals surface area contributed by atoms with Gasteiger partial charge in [0.15, 0.2) is 0 Å². The van der Waals surface area contributed by atoms with Crippen LogP contribution in [0.25, 0.3) is 0 Å². The van der Waals surface area contributed by atoms with Gasteiger partial charge >= 0.3 is 0 Å². The summed E-state index contributed by atoms with van der Waals surface area (Å²) in [5.74, 6) is 0. The molecule has 0 spiro atoms. The van der Waals surface area contributed by atoms with Gasteiger partial charge in [0, 0.05) is 13.1 Å². The molecular weight excluding hydrogens is 152 g/mol. The maximum atomic E-state index is 2.73. The summed E-state index contributed by atoms with van der Waals surface area (Å²) in [7, 11) is 2.73. The highest BCUT2D eigenvalue weighted by molar-refractivity contribution is 7.13. The minimum Gasteiger partial charge on any atom is -0.287 e. The number of halogens is 1. The number of hydrogen-bond acceptors (Lipinski definition) is 1. The molecule has 0 radical (unpaired) electrons. The summed E-state index contributed by atoms with van der Waals surface area (Å²) < 4.78 is 2.28. The largest absolute Gasteiger partial charge is 0.287 e. The van der Waals surface area contributed by atoms with Crippen molar-refractivity contribution in [2.24, 2.45) is 0 Å². The molecule has 1 atom stereocenters. The van der Waals surface area contributed by atoms with E-state index in [9.17, 15) is 0 Å². The molecule has 0 aromatic heterocycles. The smallest absolute Gasteiger partial charge is 0.00135 e. The van der Waals surface area contributed by atoms with Gasteiger partial charge < -0.3 is 0 Å². The van der Waals surface area contributed by atoms with E-state index >= 15 is 0 Å². The highest BCUT2D eigenvalue weighted by Crippen LogP contribution is 1.99. The van der Waals surface area contributed by atoms with Crippen molar-refractivity contribution in [3.05, 3.63) is 0 Å². The average Bonchev–Trinajstić information content (AvgIpc) is 1.68. The van der Waals surface area contributed by atoms with Gasteiger partial charge in [-0.3, -0.25) is 4.67 Å². The molecule has 1 nitrogen and oxygen atoms in total. The third-order valence-corrected chi connectivity index (χ3v) is 1.54. The van der Waals surface area contributed by atoms with Gasteiger partial charge in [-0.15, -0.1) is 12.4 Å². The highest BCUT2D eigenvalue weighted by Gasteiger charge is 1.90. The topological polar surface area (TPSA) is 3.24 Å². The van der Waals surface area contributed by atoms with Crippen molar-refractivity contribution in [1.82, 2.24) is 4.67 Å². The Morgan fingerprint density at radius 3 is 1.67 bits per heavy atom. The molecule has 0 amide bonds. The van der Waals surface area contributed by atoms with Crippen molar-refractivity contribution >= 4 is 21.8 Å². The summed E-state index contributed by atoms with van der Waals surface area (Å²) in [6.45, 7) is 6.82.